The lowest BCUT2D eigenvalue weighted by Gasteiger charge is -2.48. The number of phenols is 1. The fourth-order valence-electron chi connectivity index (χ4n) is 14.2. The molecule has 3 fully saturated rings. The average Bonchev–Trinajstić information content (AvgIpc) is 1.45. The Morgan fingerprint density at radius 3 is 1.87 bits per heavy atom. The van der Waals surface area contributed by atoms with Crippen LogP contribution in [0.1, 0.15) is 201 Å². The molecule has 11 nitrogen and oxygen atoms in total. The molecule has 506 valence electrons. The number of hydrogen-bond acceptors (Lipinski definition) is 9. The predicted octanol–water partition coefficient (Wildman–Crippen LogP) is 20.8. The number of aliphatic carboxylic acids is 1. The zero-order valence-electron chi connectivity index (χ0n) is 54.7. The lowest BCUT2D eigenvalue weighted by molar-refractivity contribution is -0.136. The normalized spacial score (nSPS) is 18.5. The van der Waals surface area contributed by atoms with Crippen LogP contribution >= 0.6 is 46.4 Å². The number of aromatic hydroxyl groups is 1. The van der Waals surface area contributed by atoms with Gasteiger partial charge in [-0.2, -0.15) is 0 Å². The topological polar surface area (TPSA) is 151 Å². The SMILES string of the molecule is CC(C)c1cc(Oc2c(Cl)cc(CC(=O)O)cc2Cl)ccc1O.CCCCCCCC/C=C\CCCCCCCC(=O)Oc1ccc2c(c1)CC[C@@H]1[C@@H]2CC[C@]2(C)C(=O)CC[C@@H]12.CS(=O)(=O)N(c1cc(F)cc(F)c1)C1CN(C(c2ccc(Cl)cc2)c2ccc(Cl)cc2)C1. The van der Waals surface area contributed by atoms with Crippen molar-refractivity contribution in [3.63, 3.8) is 0 Å². The van der Waals surface area contributed by atoms with E-state index in [4.69, 9.17) is 61.0 Å². The molecule has 0 spiro atoms. The zero-order valence-corrected chi connectivity index (χ0v) is 58.5. The minimum atomic E-state index is -3.76. The minimum absolute atomic E-state index is 0.0239. The monoisotopic (exact) mass is 1380 g/mol. The Kier molecular flexibility index (Phi) is 27.3. The van der Waals surface area contributed by atoms with Crippen molar-refractivity contribution in [3.05, 3.63) is 193 Å². The lowest BCUT2D eigenvalue weighted by Crippen LogP contribution is -2.61. The van der Waals surface area contributed by atoms with Crippen LogP contribution in [0.4, 0.5) is 14.5 Å². The number of carbonyl (C=O) groups excluding carboxylic acids is 2. The average molecular weight is 1390 g/mol. The number of sulfonamides is 1. The van der Waals surface area contributed by atoms with Gasteiger partial charge in [-0.3, -0.25) is 23.6 Å². The Morgan fingerprint density at radius 1 is 0.723 bits per heavy atom. The molecule has 0 amide bonds. The van der Waals surface area contributed by atoms with E-state index in [1.165, 1.54) is 93.9 Å². The van der Waals surface area contributed by atoms with Gasteiger partial charge in [0.05, 0.1) is 40.5 Å². The van der Waals surface area contributed by atoms with Gasteiger partial charge >= 0.3 is 11.9 Å². The van der Waals surface area contributed by atoms with E-state index in [0.29, 0.717) is 76.2 Å². The summed E-state index contributed by atoms with van der Waals surface area (Å²) in [5.41, 5.74) is 5.92. The molecule has 18 heteroatoms. The summed E-state index contributed by atoms with van der Waals surface area (Å²) in [6, 6.07) is 31.3. The second-order valence-corrected chi connectivity index (χ2v) is 29.8. The van der Waals surface area contributed by atoms with Crippen LogP contribution in [0.2, 0.25) is 20.1 Å². The Labute approximate surface area is 575 Å². The number of rotatable bonds is 27. The van der Waals surface area contributed by atoms with Gasteiger partial charge in [0, 0.05) is 53.0 Å². The Morgan fingerprint density at radius 2 is 1.30 bits per heavy atom. The summed E-state index contributed by atoms with van der Waals surface area (Å²) in [6.45, 7) is 9.17. The van der Waals surface area contributed by atoms with Crippen LogP contribution in [-0.2, 0) is 37.2 Å². The van der Waals surface area contributed by atoms with Crippen molar-refractivity contribution in [2.75, 3.05) is 23.7 Å². The molecule has 94 heavy (non-hydrogen) atoms. The van der Waals surface area contributed by atoms with Gasteiger partial charge in [-0.05, 0) is 195 Å². The van der Waals surface area contributed by atoms with Crippen molar-refractivity contribution in [1.82, 2.24) is 4.90 Å². The number of aryl methyl sites for hydroxylation is 1. The Hall–Kier alpha value is -6.00. The largest absolute Gasteiger partial charge is 0.508 e. The summed E-state index contributed by atoms with van der Waals surface area (Å²) in [7, 11) is -3.76. The summed E-state index contributed by atoms with van der Waals surface area (Å²) >= 11 is 24.4. The highest BCUT2D eigenvalue weighted by molar-refractivity contribution is 7.92. The van der Waals surface area contributed by atoms with Gasteiger partial charge in [0.15, 0.2) is 5.75 Å². The summed E-state index contributed by atoms with van der Waals surface area (Å²) in [4.78, 5) is 37.9. The smallest absolute Gasteiger partial charge is 0.311 e. The van der Waals surface area contributed by atoms with Crippen LogP contribution in [0.15, 0.2) is 127 Å². The molecule has 2 saturated carbocycles. The fraction of sp³-hybridized carbons (Fsp3) is 0.461. The van der Waals surface area contributed by atoms with E-state index in [1.807, 2.05) is 44.2 Å². The number of halogens is 6. The van der Waals surface area contributed by atoms with Crippen molar-refractivity contribution < 1.29 is 51.3 Å². The number of likely N-dealkylation sites (tertiary alicyclic amines) is 1. The second-order valence-electron chi connectivity index (χ2n) is 26.2. The molecule has 6 aromatic carbocycles. The molecule has 6 aromatic rings. The molecular weight excluding hydrogens is 1300 g/mol. The Balaban J connectivity index is 0.000000187. The molecule has 1 aliphatic heterocycles. The number of benzene rings is 6. The number of Topliss-reactive ketones (excluding diaryl/α,β-unsaturated/α-hetero) is 1. The number of hydrogen-bond donors (Lipinski definition) is 2. The van der Waals surface area contributed by atoms with E-state index in [2.05, 4.69) is 43.0 Å². The van der Waals surface area contributed by atoms with Crippen LogP contribution in [0, 0.1) is 28.9 Å². The number of esters is 1. The van der Waals surface area contributed by atoms with E-state index in [1.54, 1.807) is 42.5 Å². The maximum Gasteiger partial charge on any atom is 0.311 e. The molecule has 3 aliphatic carbocycles. The first-order valence-electron chi connectivity index (χ1n) is 33.3. The molecule has 0 unspecified atom stereocenters. The first-order chi connectivity index (χ1) is 44.9. The first-order valence-corrected chi connectivity index (χ1v) is 36.7. The summed E-state index contributed by atoms with van der Waals surface area (Å²) < 4.78 is 65.1. The lowest BCUT2D eigenvalue weighted by atomic mass is 9.55. The molecule has 10 rings (SSSR count). The first kappa shape index (κ1) is 73.8. The standard InChI is InChI=1S/C36H54O3.C23H20Cl2F2N2O2S.C17H16Cl2O4/c1-3-4-5-6-7-8-9-10-11-12-13-14-15-16-17-18-35(38)39-29-20-22-30-28(27-29)19-21-32-31(30)25-26-36(2)33(32)23-24-34(36)37;1-32(30,31)29(21-11-19(26)10-20(27)12-21)22-13-28(14-22)23(15-2-6-17(24)7-3-15)16-4-8-18(25)9-5-16;1-9(2)12-8-11(3-4-15(12)20)23-17-13(18)5-10(6-14(17)19)7-16(21)22/h10-11,20,22,27,31-33H,3-9,12-19,21,23-26H2,1-2H3;2-12,22-23H,13-14H2,1H3;3-6,8-9,20H,7H2,1-2H3,(H,21,22)/b11-10-;;/t31-,32-,33+,36+;;/m1../s1. The number of carbonyl (C=O) groups is 3. The van der Waals surface area contributed by atoms with Crippen LogP contribution in [0.3, 0.4) is 0 Å². The van der Waals surface area contributed by atoms with Crippen LogP contribution in [-0.4, -0.2) is 66.6 Å². The van der Waals surface area contributed by atoms with E-state index in [-0.39, 0.29) is 57.0 Å². The van der Waals surface area contributed by atoms with Crippen LogP contribution in [0.5, 0.6) is 23.0 Å². The van der Waals surface area contributed by atoms with Crippen molar-refractivity contribution in [3.8, 4) is 23.0 Å². The summed E-state index contributed by atoms with van der Waals surface area (Å²) in [6.07, 6.45) is 28.7. The second kappa shape index (κ2) is 34.8. The van der Waals surface area contributed by atoms with Crippen molar-refractivity contribution in [2.24, 2.45) is 17.3 Å². The molecule has 0 bridgehead atoms. The third-order valence-corrected chi connectivity index (χ3v) is 21.2. The maximum absolute atomic E-state index is 13.8. The summed E-state index contributed by atoms with van der Waals surface area (Å²) in [5, 5.41) is 20.3. The number of phenolic OH excluding ortho intramolecular Hbond substituents is 1. The highest BCUT2D eigenvalue weighted by Gasteiger charge is 2.54. The number of ketones is 1. The fourth-order valence-corrected chi connectivity index (χ4v) is 16.2. The van der Waals surface area contributed by atoms with Gasteiger partial charge in [0.2, 0.25) is 10.0 Å². The van der Waals surface area contributed by atoms with Gasteiger partial charge in [-0.1, -0.05) is 168 Å². The van der Waals surface area contributed by atoms with E-state index in [9.17, 15) is 36.7 Å². The quantitative estimate of drug-likeness (QED) is 0.0221. The number of carboxylic acids is 1. The minimum Gasteiger partial charge on any atom is -0.508 e. The van der Waals surface area contributed by atoms with Gasteiger partial charge in [0.1, 0.15) is 34.7 Å². The molecule has 1 saturated heterocycles. The molecule has 4 aliphatic rings. The highest BCUT2D eigenvalue weighted by Crippen LogP contribution is 2.60. The van der Waals surface area contributed by atoms with Crippen LogP contribution < -0.4 is 13.8 Å². The third-order valence-electron chi connectivity index (χ3n) is 19.0. The number of carboxylic acid groups (broad SMARTS) is 1. The van der Waals surface area contributed by atoms with Gasteiger partial charge in [0.25, 0.3) is 0 Å². The Bertz CT molecular complexity index is 3590. The third kappa shape index (κ3) is 20.3. The molecule has 0 radical (unpaired) electrons. The van der Waals surface area contributed by atoms with Crippen molar-refractivity contribution >= 4 is 79.8 Å². The number of ether oxygens (including phenoxy) is 2. The predicted molar refractivity (Wildman–Crippen MR) is 375 cm³/mol. The van der Waals surface area contributed by atoms with E-state index >= 15 is 0 Å². The zero-order chi connectivity index (χ0) is 67.7. The van der Waals surface area contributed by atoms with Crippen molar-refractivity contribution in [1.29, 1.82) is 0 Å². The number of nitrogens with zero attached hydrogens (tertiary/aromatic N) is 2. The molecular formula is C76H90Cl4F2N2O9S. The van der Waals surface area contributed by atoms with E-state index < -0.39 is 33.7 Å². The van der Waals surface area contributed by atoms with Gasteiger partial charge < -0.3 is 19.7 Å². The van der Waals surface area contributed by atoms with E-state index in [0.717, 1.165) is 90.8 Å². The number of anilines is 1. The maximum atomic E-state index is 13.8. The van der Waals surface area contributed by atoms with Gasteiger partial charge in [-0.15, -0.1) is 0 Å². The number of allylic oxidation sites excluding steroid dienone is 2. The van der Waals surface area contributed by atoms with Crippen LogP contribution in [0.25, 0.3) is 0 Å². The number of fused-ring (bicyclic) bond motifs is 5. The highest BCUT2D eigenvalue weighted by atomic mass is 35.5. The van der Waals surface area contributed by atoms with Crippen molar-refractivity contribution in [2.45, 2.75) is 186 Å². The molecule has 1 heterocycles. The molecule has 2 N–H and O–H groups in total. The molecule has 0 aromatic heterocycles. The van der Waals surface area contributed by atoms with Gasteiger partial charge in [-0.25, -0.2) is 17.2 Å². The molecule has 4 atom stereocenters. The summed E-state index contributed by atoms with van der Waals surface area (Å²) in [5.74, 6) is 1.32. The number of unbranched alkanes of at least 4 members (excludes halogenated alkanes) is 11.